The monoisotopic (exact) mass is 317 g/mol. The van der Waals surface area contributed by atoms with Crippen LogP contribution in [0, 0.1) is 0 Å². The Kier molecular flexibility index (Phi) is 4.74. The minimum Gasteiger partial charge on any atom is -0.339 e. The Morgan fingerprint density at radius 2 is 1.95 bits per heavy atom. The molecule has 1 saturated heterocycles. The first-order chi connectivity index (χ1) is 10.7. The van der Waals surface area contributed by atoms with Gasteiger partial charge >= 0.3 is 0 Å². The standard InChI is InChI=1S/C15H19N5OS/c1-19-7-9-20(10-8-19)13(21)11-22-15-16-14(17-18-15)12-5-3-2-4-6-12/h2-6H,7-11H2,1H3,(H,16,17,18). The van der Waals surface area contributed by atoms with Crippen molar-refractivity contribution in [2.45, 2.75) is 5.16 Å². The Balaban J connectivity index is 1.54. The topological polar surface area (TPSA) is 65.1 Å². The zero-order chi connectivity index (χ0) is 15.4. The van der Waals surface area contributed by atoms with Crippen molar-refractivity contribution in [3.8, 4) is 11.4 Å². The molecule has 0 atom stereocenters. The maximum atomic E-state index is 12.2. The number of amides is 1. The number of carbonyl (C=O) groups excluding carboxylic acids is 1. The molecule has 0 unspecified atom stereocenters. The first kappa shape index (κ1) is 15.1. The average Bonchev–Trinajstić information content (AvgIpc) is 3.03. The first-order valence-electron chi connectivity index (χ1n) is 7.29. The second-order valence-electron chi connectivity index (χ2n) is 5.31. The van der Waals surface area contributed by atoms with Gasteiger partial charge in [0.25, 0.3) is 0 Å². The van der Waals surface area contributed by atoms with Crippen LogP contribution in [0.2, 0.25) is 0 Å². The quantitative estimate of drug-likeness (QED) is 0.862. The summed E-state index contributed by atoms with van der Waals surface area (Å²) in [5.41, 5.74) is 0.993. The van der Waals surface area contributed by atoms with Crippen LogP contribution in [0.5, 0.6) is 0 Å². The number of aromatic amines is 1. The number of benzene rings is 1. The summed E-state index contributed by atoms with van der Waals surface area (Å²) in [4.78, 5) is 20.8. The SMILES string of the molecule is CN1CCN(C(=O)CSc2n[nH]c(-c3ccccc3)n2)CC1. The number of hydrogen-bond acceptors (Lipinski definition) is 5. The van der Waals surface area contributed by atoms with Crippen molar-refractivity contribution < 1.29 is 4.79 Å². The molecule has 6 nitrogen and oxygen atoms in total. The number of carbonyl (C=O) groups is 1. The van der Waals surface area contributed by atoms with Crippen LogP contribution in [0.25, 0.3) is 11.4 Å². The number of nitrogens with zero attached hydrogens (tertiary/aromatic N) is 4. The van der Waals surface area contributed by atoms with E-state index < -0.39 is 0 Å². The molecule has 1 aromatic heterocycles. The van der Waals surface area contributed by atoms with Crippen LogP contribution in [0.3, 0.4) is 0 Å². The van der Waals surface area contributed by atoms with Gasteiger partial charge < -0.3 is 9.80 Å². The van der Waals surface area contributed by atoms with Gasteiger partial charge in [-0.1, -0.05) is 42.1 Å². The summed E-state index contributed by atoms with van der Waals surface area (Å²) in [5, 5.41) is 7.70. The predicted octanol–water partition coefficient (Wildman–Crippen LogP) is 1.34. The van der Waals surface area contributed by atoms with Crippen LogP contribution in [-0.4, -0.2) is 69.9 Å². The molecular formula is C15H19N5OS. The normalized spacial score (nSPS) is 16.0. The second-order valence-corrected chi connectivity index (χ2v) is 6.25. The third-order valence-corrected chi connectivity index (χ3v) is 4.52. The maximum Gasteiger partial charge on any atom is 0.233 e. The van der Waals surface area contributed by atoms with Gasteiger partial charge in [0.05, 0.1) is 5.75 Å². The van der Waals surface area contributed by atoms with Gasteiger partial charge in [-0.2, -0.15) is 0 Å². The summed E-state index contributed by atoms with van der Waals surface area (Å²) in [6, 6.07) is 9.84. The van der Waals surface area contributed by atoms with Gasteiger partial charge in [-0.25, -0.2) is 4.98 Å². The van der Waals surface area contributed by atoms with Crippen molar-refractivity contribution in [1.82, 2.24) is 25.0 Å². The van der Waals surface area contributed by atoms with Crippen molar-refractivity contribution >= 4 is 17.7 Å². The highest BCUT2D eigenvalue weighted by atomic mass is 32.2. The van der Waals surface area contributed by atoms with Crippen LogP contribution in [0.4, 0.5) is 0 Å². The Morgan fingerprint density at radius 3 is 2.68 bits per heavy atom. The number of H-pyrrole nitrogens is 1. The molecule has 0 saturated carbocycles. The van der Waals surface area contributed by atoms with E-state index in [0.717, 1.165) is 37.6 Å². The lowest BCUT2D eigenvalue weighted by molar-refractivity contribution is -0.129. The van der Waals surface area contributed by atoms with Crippen LogP contribution >= 0.6 is 11.8 Å². The fourth-order valence-corrected chi connectivity index (χ4v) is 3.01. The average molecular weight is 317 g/mol. The smallest absolute Gasteiger partial charge is 0.233 e. The third kappa shape index (κ3) is 3.66. The van der Waals surface area contributed by atoms with Gasteiger partial charge in [-0.3, -0.25) is 9.89 Å². The van der Waals surface area contributed by atoms with Crippen LogP contribution in [-0.2, 0) is 4.79 Å². The van der Waals surface area contributed by atoms with E-state index in [1.165, 1.54) is 11.8 Å². The molecule has 1 aliphatic heterocycles. The molecule has 22 heavy (non-hydrogen) atoms. The zero-order valence-corrected chi connectivity index (χ0v) is 13.3. The molecule has 7 heteroatoms. The lowest BCUT2D eigenvalue weighted by Gasteiger charge is -2.32. The summed E-state index contributed by atoms with van der Waals surface area (Å²) in [6.07, 6.45) is 0. The lowest BCUT2D eigenvalue weighted by atomic mass is 10.2. The molecular weight excluding hydrogens is 298 g/mol. The van der Waals surface area contributed by atoms with E-state index in [4.69, 9.17) is 0 Å². The first-order valence-corrected chi connectivity index (χ1v) is 8.28. The van der Waals surface area contributed by atoms with E-state index in [1.807, 2.05) is 35.2 Å². The maximum absolute atomic E-state index is 12.2. The summed E-state index contributed by atoms with van der Waals surface area (Å²) >= 11 is 1.38. The number of rotatable bonds is 4. The van der Waals surface area contributed by atoms with E-state index in [9.17, 15) is 4.79 Å². The fourth-order valence-electron chi connectivity index (χ4n) is 2.31. The highest BCUT2D eigenvalue weighted by Crippen LogP contribution is 2.19. The van der Waals surface area contributed by atoms with Gasteiger partial charge in [0.2, 0.25) is 11.1 Å². The largest absolute Gasteiger partial charge is 0.339 e. The molecule has 0 radical (unpaired) electrons. The van der Waals surface area contributed by atoms with Gasteiger partial charge in [-0.15, -0.1) is 5.10 Å². The van der Waals surface area contributed by atoms with Crippen LogP contribution in [0.15, 0.2) is 35.5 Å². The van der Waals surface area contributed by atoms with Crippen molar-refractivity contribution in [2.75, 3.05) is 39.0 Å². The van der Waals surface area contributed by atoms with E-state index in [-0.39, 0.29) is 5.91 Å². The Hall–Kier alpha value is -1.86. The number of piperazine rings is 1. The van der Waals surface area contributed by atoms with E-state index in [1.54, 1.807) is 0 Å². The highest BCUT2D eigenvalue weighted by Gasteiger charge is 2.19. The van der Waals surface area contributed by atoms with Gasteiger partial charge in [-0.05, 0) is 7.05 Å². The number of hydrogen-bond donors (Lipinski definition) is 1. The Bertz CT molecular complexity index is 622. The van der Waals surface area contributed by atoms with Crippen molar-refractivity contribution in [3.05, 3.63) is 30.3 Å². The fraction of sp³-hybridized carbons (Fsp3) is 0.400. The molecule has 1 fully saturated rings. The molecule has 1 aromatic carbocycles. The summed E-state index contributed by atoms with van der Waals surface area (Å²) in [6.45, 7) is 3.49. The van der Waals surface area contributed by atoms with Crippen molar-refractivity contribution in [3.63, 3.8) is 0 Å². The van der Waals surface area contributed by atoms with Crippen molar-refractivity contribution in [1.29, 1.82) is 0 Å². The third-order valence-electron chi connectivity index (χ3n) is 3.69. The molecule has 1 aliphatic rings. The van der Waals surface area contributed by atoms with Gasteiger partial charge in [0, 0.05) is 31.7 Å². The van der Waals surface area contributed by atoms with Gasteiger partial charge in [0.1, 0.15) is 0 Å². The predicted molar refractivity (Wildman–Crippen MR) is 86.6 cm³/mol. The zero-order valence-electron chi connectivity index (χ0n) is 12.5. The van der Waals surface area contributed by atoms with Gasteiger partial charge in [0.15, 0.2) is 5.82 Å². The second kappa shape index (κ2) is 6.93. The summed E-state index contributed by atoms with van der Waals surface area (Å²) < 4.78 is 0. The molecule has 0 aliphatic carbocycles. The lowest BCUT2D eigenvalue weighted by Crippen LogP contribution is -2.47. The number of thioether (sulfide) groups is 1. The molecule has 1 amide bonds. The van der Waals surface area contributed by atoms with E-state index >= 15 is 0 Å². The Morgan fingerprint density at radius 1 is 1.23 bits per heavy atom. The molecule has 2 aromatic rings. The minimum atomic E-state index is 0.157. The number of aromatic nitrogens is 3. The number of nitrogens with one attached hydrogen (secondary N) is 1. The molecule has 1 N–H and O–H groups in total. The summed E-state index contributed by atoms with van der Waals surface area (Å²) in [7, 11) is 2.08. The molecule has 0 bridgehead atoms. The van der Waals surface area contributed by atoms with E-state index in [2.05, 4.69) is 27.1 Å². The molecule has 2 heterocycles. The molecule has 0 spiro atoms. The number of likely N-dealkylation sites (N-methyl/N-ethyl adjacent to an activating group) is 1. The molecule has 3 rings (SSSR count). The molecule has 116 valence electrons. The highest BCUT2D eigenvalue weighted by molar-refractivity contribution is 7.99. The van der Waals surface area contributed by atoms with E-state index in [0.29, 0.717) is 10.9 Å². The van der Waals surface area contributed by atoms with Crippen LogP contribution < -0.4 is 0 Å². The Labute approximate surface area is 133 Å². The minimum absolute atomic E-state index is 0.157. The van der Waals surface area contributed by atoms with Crippen LogP contribution in [0.1, 0.15) is 0 Å². The summed E-state index contributed by atoms with van der Waals surface area (Å²) in [5.74, 6) is 1.27. The van der Waals surface area contributed by atoms with Crippen molar-refractivity contribution in [2.24, 2.45) is 0 Å².